The first kappa shape index (κ1) is 75.2. The summed E-state index contributed by atoms with van der Waals surface area (Å²) < 4.78 is 23.7. The monoisotopic (exact) mass is 1110 g/mol. The number of hydrogen-bond acceptors (Lipinski definition) is 5. The van der Waals surface area contributed by atoms with E-state index in [0.717, 1.165) is 83.5 Å². The normalized spacial score (nSPS) is 14.5. The highest BCUT2D eigenvalue weighted by Crippen LogP contribution is 2.43. The fourth-order valence-corrected chi connectivity index (χ4v) is 9.72. The highest BCUT2D eigenvalue weighted by Gasteiger charge is 2.27. The number of rotatable bonds is 58. The molecule has 9 heteroatoms. The van der Waals surface area contributed by atoms with Crippen molar-refractivity contribution < 1.29 is 32.9 Å². The minimum atomic E-state index is -4.38. The van der Waals surface area contributed by atoms with Gasteiger partial charge in [0.05, 0.1) is 39.9 Å². The molecule has 1 amide bonds. The number of phosphoric acid groups is 1. The van der Waals surface area contributed by atoms with Gasteiger partial charge < -0.3 is 19.8 Å². The summed E-state index contributed by atoms with van der Waals surface area (Å²) in [5, 5.41) is 13.9. The maximum absolute atomic E-state index is 13.0. The van der Waals surface area contributed by atoms with Crippen molar-refractivity contribution in [1.29, 1.82) is 0 Å². The lowest BCUT2D eigenvalue weighted by molar-refractivity contribution is -0.870. The van der Waals surface area contributed by atoms with Crippen molar-refractivity contribution in [2.45, 2.75) is 283 Å². The number of likely N-dealkylation sites (N-methyl/N-ethyl adjacent to an activating group) is 1. The van der Waals surface area contributed by atoms with E-state index in [1.165, 1.54) is 161 Å². The second-order valence-electron chi connectivity index (χ2n) is 22.7. The van der Waals surface area contributed by atoms with Crippen LogP contribution >= 0.6 is 7.82 Å². The highest BCUT2D eigenvalue weighted by molar-refractivity contribution is 7.47. The molecule has 3 unspecified atom stereocenters. The maximum Gasteiger partial charge on any atom is 0.472 e. The Bertz CT molecular complexity index is 1640. The van der Waals surface area contributed by atoms with Crippen LogP contribution in [0.3, 0.4) is 0 Å². The van der Waals surface area contributed by atoms with Crippen LogP contribution in [0.2, 0.25) is 0 Å². The number of carbonyl (C=O) groups is 1. The first-order valence-corrected chi connectivity index (χ1v) is 33.8. The molecule has 0 rings (SSSR count). The number of nitrogens with zero attached hydrogens (tertiary/aromatic N) is 1. The van der Waals surface area contributed by atoms with Gasteiger partial charge in [-0.15, -0.1) is 0 Å². The Balaban J connectivity index is 4.25. The van der Waals surface area contributed by atoms with Gasteiger partial charge >= 0.3 is 7.82 Å². The molecule has 450 valence electrons. The van der Waals surface area contributed by atoms with Gasteiger partial charge in [0.2, 0.25) is 5.91 Å². The van der Waals surface area contributed by atoms with E-state index in [1.54, 1.807) is 6.08 Å². The third-order valence-electron chi connectivity index (χ3n) is 14.0. The number of quaternary nitrogens is 1. The van der Waals surface area contributed by atoms with E-state index >= 15 is 0 Å². The molecule has 78 heavy (non-hydrogen) atoms. The molecule has 0 fully saturated rings. The van der Waals surface area contributed by atoms with Gasteiger partial charge in [-0.3, -0.25) is 13.8 Å². The van der Waals surface area contributed by atoms with Crippen molar-refractivity contribution in [2.75, 3.05) is 40.9 Å². The summed E-state index contributed by atoms with van der Waals surface area (Å²) in [5.41, 5.74) is 0. The van der Waals surface area contributed by atoms with Gasteiger partial charge in [-0.2, -0.15) is 0 Å². The lowest BCUT2D eigenvalue weighted by atomic mass is 10.0. The number of hydrogen-bond donors (Lipinski definition) is 3. The Hall–Kier alpha value is -2.84. The lowest BCUT2D eigenvalue weighted by Gasteiger charge is -2.25. The molecular weight excluding hydrogens is 984 g/mol. The van der Waals surface area contributed by atoms with Crippen LogP contribution in [0.5, 0.6) is 0 Å². The fraction of sp³-hybridized carbons (Fsp3) is 0.725. The van der Waals surface area contributed by atoms with Crippen LogP contribution in [-0.2, 0) is 18.4 Å². The van der Waals surface area contributed by atoms with Crippen LogP contribution in [0.15, 0.2) is 109 Å². The van der Waals surface area contributed by atoms with Gasteiger partial charge in [-0.25, -0.2) is 4.57 Å². The largest absolute Gasteiger partial charge is 0.472 e. The summed E-state index contributed by atoms with van der Waals surface area (Å²) >= 11 is 0. The zero-order valence-electron chi connectivity index (χ0n) is 51.4. The van der Waals surface area contributed by atoms with Crippen LogP contribution < -0.4 is 5.32 Å². The Morgan fingerprint density at radius 2 is 0.782 bits per heavy atom. The van der Waals surface area contributed by atoms with Gasteiger partial charge in [-0.05, 0) is 89.9 Å². The molecule has 0 saturated heterocycles. The molecule has 0 aromatic carbocycles. The number of aliphatic hydroxyl groups excluding tert-OH is 1. The van der Waals surface area contributed by atoms with E-state index in [1.807, 2.05) is 27.2 Å². The van der Waals surface area contributed by atoms with Crippen molar-refractivity contribution in [2.24, 2.45) is 0 Å². The van der Waals surface area contributed by atoms with Crippen LogP contribution in [0.25, 0.3) is 0 Å². The van der Waals surface area contributed by atoms with E-state index in [2.05, 4.69) is 116 Å². The fourth-order valence-electron chi connectivity index (χ4n) is 8.98. The average molecular weight is 1110 g/mol. The van der Waals surface area contributed by atoms with Gasteiger partial charge in [0, 0.05) is 6.42 Å². The van der Waals surface area contributed by atoms with Crippen molar-refractivity contribution >= 4 is 13.7 Å². The Labute approximate surface area is 482 Å². The summed E-state index contributed by atoms with van der Waals surface area (Å²) in [4.78, 5) is 23.3. The molecule has 0 aromatic heterocycles. The van der Waals surface area contributed by atoms with Gasteiger partial charge in [0.15, 0.2) is 0 Å². The molecule has 0 aliphatic heterocycles. The second-order valence-corrected chi connectivity index (χ2v) is 24.2. The van der Waals surface area contributed by atoms with E-state index in [4.69, 9.17) is 9.05 Å². The minimum Gasteiger partial charge on any atom is -0.387 e. The predicted octanol–water partition coefficient (Wildman–Crippen LogP) is 20.3. The Kier molecular flexibility index (Phi) is 56.7. The third kappa shape index (κ3) is 60.8. The van der Waals surface area contributed by atoms with Crippen LogP contribution in [0, 0.1) is 0 Å². The molecule has 0 heterocycles. The number of carbonyl (C=O) groups excluding carboxylic acids is 1. The predicted molar refractivity (Wildman–Crippen MR) is 341 cm³/mol. The summed E-state index contributed by atoms with van der Waals surface area (Å²) in [6, 6.07) is -0.891. The molecule has 0 aromatic rings. The minimum absolute atomic E-state index is 0.0433. The van der Waals surface area contributed by atoms with Crippen LogP contribution in [0.4, 0.5) is 0 Å². The molecular formula is C69H124N2O6P+. The summed E-state index contributed by atoms with van der Waals surface area (Å²) in [6.07, 6.45) is 86.6. The average Bonchev–Trinajstić information content (AvgIpc) is 3.41. The van der Waals surface area contributed by atoms with Gasteiger partial charge in [-0.1, -0.05) is 284 Å². The number of unbranched alkanes of at least 4 members (excludes halogenated alkanes) is 29. The van der Waals surface area contributed by atoms with E-state index in [-0.39, 0.29) is 19.1 Å². The van der Waals surface area contributed by atoms with Crippen molar-refractivity contribution in [1.82, 2.24) is 5.32 Å². The molecule has 3 atom stereocenters. The summed E-state index contributed by atoms with van der Waals surface area (Å²) in [5.74, 6) is -0.221. The zero-order valence-corrected chi connectivity index (χ0v) is 52.3. The Morgan fingerprint density at radius 1 is 0.449 bits per heavy atom. The van der Waals surface area contributed by atoms with Crippen molar-refractivity contribution in [3.63, 3.8) is 0 Å². The molecule has 0 radical (unpaired) electrons. The topological polar surface area (TPSA) is 105 Å². The van der Waals surface area contributed by atoms with E-state index in [9.17, 15) is 19.4 Å². The van der Waals surface area contributed by atoms with Crippen molar-refractivity contribution in [3.8, 4) is 0 Å². The first-order chi connectivity index (χ1) is 38.0. The molecule has 0 spiro atoms. The standard InChI is InChI=1S/C69H123N2O6P/c1-6-8-10-12-14-16-18-20-22-24-26-28-30-32-33-34-35-36-37-39-40-42-44-46-48-50-52-54-56-58-60-62-68(72)67(66-77-78(74,75)76-65-64-71(3,4)5)70-69(73)63-61-59-57-55-53-51-49-47-45-43-41-38-31-29-27-25-23-21-19-17-15-13-11-9-7-2/h9,11,15,17,21,23,27,29,38,41,45,47,51-54,60,62,67-68,72H,6-8,10,12-14,16,18-20,22,24-26,28,30-37,39-40,42-44,46,48-50,55-59,61,63-66H2,1-5H3,(H-,70,73,74,75)/p+1/b11-9-,17-15-,23-21-,29-27-,41-38-,47-45-,53-51-,54-52+,62-60+. The van der Waals surface area contributed by atoms with Crippen LogP contribution in [-0.4, -0.2) is 73.4 Å². The summed E-state index contributed by atoms with van der Waals surface area (Å²) in [6.45, 7) is 4.67. The molecule has 0 aliphatic carbocycles. The first-order valence-electron chi connectivity index (χ1n) is 32.3. The second kappa shape index (κ2) is 58.8. The SMILES string of the molecule is CC/C=C\C/C=C\C/C=C\C/C=C\C/C=C\C/C=C\C/C=C\CCCCCC(=O)NC(COP(=O)(O)OCC[N+](C)(C)C)C(O)/C=C/CC/C=C/CCCCCCCCCCCCCCCCCCCCCCCCCCC. The summed E-state index contributed by atoms with van der Waals surface area (Å²) in [7, 11) is 1.52. The molecule has 8 nitrogen and oxygen atoms in total. The molecule has 0 saturated carbocycles. The molecule has 0 aliphatic rings. The van der Waals surface area contributed by atoms with Crippen LogP contribution in [0.1, 0.15) is 271 Å². The van der Waals surface area contributed by atoms with E-state index in [0.29, 0.717) is 23.9 Å². The zero-order chi connectivity index (χ0) is 57.0. The number of phosphoric ester groups is 1. The number of allylic oxidation sites excluding steroid dienone is 17. The van der Waals surface area contributed by atoms with Crippen molar-refractivity contribution in [3.05, 3.63) is 109 Å². The Morgan fingerprint density at radius 3 is 1.18 bits per heavy atom. The van der Waals surface area contributed by atoms with E-state index < -0.39 is 20.0 Å². The highest BCUT2D eigenvalue weighted by atomic mass is 31.2. The van der Waals surface area contributed by atoms with Gasteiger partial charge in [0.1, 0.15) is 13.2 Å². The molecule has 3 N–H and O–H groups in total. The van der Waals surface area contributed by atoms with Gasteiger partial charge in [0.25, 0.3) is 0 Å². The number of nitrogens with one attached hydrogen (secondary N) is 1. The number of amides is 1. The quantitative estimate of drug-likeness (QED) is 0.0243. The third-order valence-corrected chi connectivity index (χ3v) is 15.0. The number of aliphatic hydroxyl groups is 1. The smallest absolute Gasteiger partial charge is 0.387 e. The maximum atomic E-state index is 13.0. The lowest BCUT2D eigenvalue weighted by Crippen LogP contribution is -2.45. The molecule has 0 bridgehead atoms.